The molecule has 0 aromatic heterocycles. The van der Waals surface area contributed by atoms with Gasteiger partial charge in [-0.2, -0.15) is 0 Å². The van der Waals surface area contributed by atoms with Crippen LogP contribution in [0, 0.1) is 6.92 Å². The van der Waals surface area contributed by atoms with E-state index in [1.807, 2.05) is 13.8 Å². The van der Waals surface area contributed by atoms with Crippen LogP contribution in [-0.4, -0.2) is 31.0 Å². The molecule has 190 valence electrons. The molecule has 0 saturated carbocycles. The smallest absolute Gasteiger partial charge is 0.138 e. The molecule has 1 saturated heterocycles. The summed E-state index contributed by atoms with van der Waals surface area (Å²) >= 11 is 0. The second-order valence-corrected chi connectivity index (χ2v) is 11.1. The van der Waals surface area contributed by atoms with Crippen molar-refractivity contribution in [2.24, 2.45) is 0 Å². The Morgan fingerprint density at radius 1 is 1.17 bits per heavy atom. The van der Waals surface area contributed by atoms with E-state index in [9.17, 15) is 5.11 Å². The maximum absolute atomic E-state index is 10.5. The molecule has 35 heavy (non-hydrogen) atoms. The van der Waals surface area contributed by atoms with Crippen molar-refractivity contribution in [2.75, 3.05) is 19.8 Å². The van der Waals surface area contributed by atoms with Crippen LogP contribution in [0.4, 0.5) is 0 Å². The first-order chi connectivity index (χ1) is 16.7. The molecule has 0 amide bonds. The lowest BCUT2D eigenvalue weighted by atomic mass is 9.84. The fourth-order valence-corrected chi connectivity index (χ4v) is 5.59. The molecule has 2 aliphatic heterocycles. The van der Waals surface area contributed by atoms with Crippen molar-refractivity contribution < 1.29 is 19.3 Å². The number of ether oxygens (including phenoxy) is 3. The van der Waals surface area contributed by atoms with E-state index < -0.39 is 5.60 Å². The highest BCUT2D eigenvalue weighted by Gasteiger charge is 2.49. The summed E-state index contributed by atoms with van der Waals surface area (Å²) < 4.78 is 18.8. The molecule has 2 aliphatic rings. The number of hydrogen-bond donors (Lipinski definition) is 1. The quantitative estimate of drug-likeness (QED) is 0.303. The molecule has 4 rings (SSSR count). The maximum atomic E-state index is 10.5. The normalized spacial score (nSPS) is 26.1. The number of benzene rings is 2. The van der Waals surface area contributed by atoms with Crippen molar-refractivity contribution in [3.05, 3.63) is 76.4 Å². The van der Waals surface area contributed by atoms with Crippen LogP contribution in [0.5, 0.6) is 0 Å². The fraction of sp³-hybridized carbons (Fsp3) is 0.533. The molecule has 4 nitrogen and oxygen atoms in total. The lowest BCUT2D eigenvalue weighted by Gasteiger charge is -2.24. The average molecular weight is 497 g/mol. The summed E-state index contributed by atoms with van der Waals surface area (Å²) in [6.45, 7) is 9.91. The van der Waals surface area contributed by atoms with Gasteiger partial charge in [0.05, 0.1) is 31.0 Å². The summed E-state index contributed by atoms with van der Waals surface area (Å²) in [5.74, 6) is 0. The van der Waals surface area contributed by atoms with Gasteiger partial charge in [0.15, 0.2) is 0 Å². The second kappa shape index (κ2) is 11.2. The zero-order valence-corrected chi connectivity index (χ0v) is 22.8. The summed E-state index contributed by atoms with van der Waals surface area (Å²) in [7, 11) is 2.75. The Hall–Kier alpha value is -1.55. The molecule has 0 bridgehead atoms. The summed E-state index contributed by atoms with van der Waals surface area (Å²) in [5, 5.41) is 11.7. The first kappa shape index (κ1) is 26.5. The standard InChI is InChI=1S/C30H41O4P/c1-5-32-25-10-6-8-23(9-7-17-33-28(19-25)22-11-14-26(35)15-12-22)30(20-34-30)24-13-16-27(21(2)18-24)29(3,4)31/h9,11-16,18,25,28,31H,5-8,10,17,19-20,35H2,1-4H3. The molecule has 1 N–H and O–H groups in total. The number of rotatable bonds is 6. The van der Waals surface area contributed by atoms with Gasteiger partial charge in [0.2, 0.25) is 0 Å². The fourth-order valence-electron chi connectivity index (χ4n) is 5.40. The van der Waals surface area contributed by atoms with Crippen LogP contribution in [0.1, 0.15) is 81.2 Å². The van der Waals surface area contributed by atoms with Crippen molar-refractivity contribution >= 4 is 14.5 Å². The molecule has 4 unspecified atom stereocenters. The number of aliphatic hydroxyl groups is 1. The van der Waals surface area contributed by atoms with E-state index in [-0.39, 0.29) is 17.8 Å². The van der Waals surface area contributed by atoms with Crippen LogP contribution in [0.3, 0.4) is 0 Å². The van der Waals surface area contributed by atoms with Gasteiger partial charge in [0, 0.05) is 13.0 Å². The van der Waals surface area contributed by atoms with E-state index in [4.69, 9.17) is 14.2 Å². The highest BCUT2D eigenvalue weighted by molar-refractivity contribution is 7.27. The van der Waals surface area contributed by atoms with E-state index in [0.29, 0.717) is 19.8 Å². The Morgan fingerprint density at radius 2 is 1.91 bits per heavy atom. The minimum Gasteiger partial charge on any atom is -0.386 e. The first-order valence-corrected chi connectivity index (χ1v) is 13.6. The predicted octanol–water partition coefficient (Wildman–Crippen LogP) is 6.00. The first-order valence-electron chi connectivity index (χ1n) is 13.0. The van der Waals surface area contributed by atoms with Crippen molar-refractivity contribution in [1.82, 2.24) is 0 Å². The lowest BCUT2D eigenvalue weighted by Crippen LogP contribution is -2.20. The van der Waals surface area contributed by atoms with E-state index >= 15 is 0 Å². The van der Waals surface area contributed by atoms with Gasteiger partial charge in [-0.1, -0.05) is 48.5 Å². The SMILES string of the molecule is CCOC1CCCC(C2(c3ccc(C(C)(C)O)c(C)c3)CO2)=CCCOC(c2ccc(P)cc2)C1. The molecule has 5 heteroatoms. The van der Waals surface area contributed by atoms with E-state index in [0.717, 1.165) is 43.2 Å². The van der Waals surface area contributed by atoms with Crippen LogP contribution >= 0.6 is 9.24 Å². The highest BCUT2D eigenvalue weighted by atomic mass is 31.0. The molecule has 0 spiro atoms. The van der Waals surface area contributed by atoms with Crippen LogP contribution in [0.15, 0.2) is 54.1 Å². The Morgan fingerprint density at radius 3 is 2.54 bits per heavy atom. The van der Waals surface area contributed by atoms with Gasteiger partial charge in [-0.25, -0.2) is 0 Å². The monoisotopic (exact) mass is 496 g/mol. The molecule has 1 fully saturated rings. The topological polar surface area (TPSA) is 51.2 Å². The van der Waals surface area contributed by atoms with Crippen molar-refractivity contribution in [3.8, 4) is 0 Å². The minimum atomic E-state index is -0.855. The van der Waals surface area contributed by atoms with Gasteiger partial charge in [0.1, 0.15) is 5.60 Å². The summed E-state index contributed by atoms with van der Waals surface area (Å²) in [6, 6.07) is 15.0. The van der Waals surface area contributed by atoms with E-state index in [2.05, 4.69) is 71.6 Å². The molecule has 2 aromatic carbocycles. The summed E-state index contributed by atoms with van der Waals surface area (Å²) in [6.07, 6.45) is 7.33. The predicted molar refractivity (Wildman–Crippen MR) is 145 cm³/mol. The average Bonchev–Trinajstić information content (AvgIpc) is 3.61. The molecule has 0 radical (unpaired) electrons. The maximum Gasteiger partial charge on any atom is 0.138 e. The number of epoxide rings is 1. The Bertz CT molecular complexity index is 1020. The second-order valence-electron chi connectivity index (χ2n) is 10.5. The molecular weight excluding hydrogens is 455 g/mol. The van der Waals surface area contributed by atoms with E-state index in [1.54, 1.807) is 0 Å². The zero-order chi connectivity index (χ0) is 25.1. The molecule has 0 aliphatic carbocycles. The van der Waals surface area contributed by atoms with Crippen LogP contribution in [-0.2, 0) is 25.4 Å². The minimum absolute atomic E-state index is 0.0373. The van der Waals surface area contributed by atoms with Gasteiger partial charge in [-0.15, -0.1) is 9.24 Å². The number of aryl methyl sites for hydroxylation is 1. The third-order valence-electron chi connectivity index (χ3n) is 7.29. The molecular formula is C30H41O4P. The Labute approximate surface area is 213 Å². The third-order valence-corrected chi connectivity index (χ3v) is 7.68. The molecule has 4 atom stereocenters. The van der Waals surface area contributed by atoms with Gasteiger partial charge >= 0.3 is 0 Å². The van der Waals surface area contributed by atoms with Crippen LogP contribution in [0.25, 0.3) is 0 Å². The van der Waals surface area contributed by atoms with Crippen LogP contribution < -0.4 is 5.30 Å². The highest BCUT2D eigenvalue weighted by Crippen LogP contribution is 2.48. The molecule has 2 aromatic rings. The van der Waals surface area contributed by atoms with Gasteiger partial charge in [0.25, 0.3) is 0 Å². The zero-order valence-electron chi connectivity index (χ0n) is 21.7. The van der Waals surface area contributed by atoms with Crippen LogP contribution in [0.2, 0.25) is 0 Å². The summed E-state index contributed by atoms with van der Waals surface area (Å²) in [5.41, 5.74) is 4.61. The Kier molecular flexibility index (Phi) is 8.51. The van der Waals surface area contributed by atoms with E-state index in [1.165, 1.54) is 22.0 Å². The van der Waals surface area contributed by atoms with Crippen molar-refractivity contribution in [2.45, 2.75) is 83.2 Å². The largest absolute Gasteiger partial charge is 0.386 e. The number of hydrogen-bond acceptors (Lipinski definition) is 4. The summed E-state index contributed by atoms with van der Waals surface area (Å²) in [4.78, 5) is 0. The van der Waals surface area contributed by atoms with Gasteiger partial charge in [-0.3, -0.25) is 0 Å². The Balaban J connectivity index is 1.55. The van der Waals surface area contributed by atoms with Crippen molar-refractivity contribution in [3.63, 3.8) is 0 Å². The third kappa shape index (κ3) is 6.42. The van der Waals surface area contributed by atoms with Gasteiger partial charge in [-0.05, 0) is 86.5 Å². The molecule has 2 heterocycles. The van der Waals surface area contributed by atoms with Crippen molar-refractivity contribution in [1.29, 1.82) is 0 Å². The lowest BCUT2D eigenvalue weighted by molar-refractivity contribution is -0.0170. The van der Waals surface area contributed by atoms with Gasteiger partial charge < -0.3 is 19.3 Å².